The fourth-order valence-electron chi connectivity index (χ4n) is 2.15. The third-order valence-electron chi connectivity index (χ3n) is 3.45. The van der Waals surface area contributed by atoms with Crippen molar-refractivity contribution in [3.8, 4) is 5.75 Å². The second-order valence-corrected chi connectivity index (χ2v) is 5.74. The maximum Gasteiger partial charge on any atom is 0.224 e. The van der Waals surface area contributed by atoms with E-state index in [0.29, 0.717) is 30.5 Å². The number of carbonyl (C=O) groups excluding carboxylic acids is 1. The van der Waals surface area contributed by atoms with E-state index in [9.17, 15) is 9.90 Å². The molecule has 0 aromatic heterocycles. The fraction of sp³-hybridized carbons (Fsp3) is 0.533. The highest BCUT2D eigenvalue weighted by Crippen LogP contribution is 2.26. The van der Waals surface area contributed by atoms with E-state index in [1.54, 1.807) is 6.07 Å². The number of rotatable bonds is 7. The van der Waals surface area contributed by atoms with Gasteiger partial charge in [-0.25, -0.2) is 0 Å². The van der Waals surface area contributed by atoms with Gasteiger partial charge in [-0.05, 0) is 49.4 Å². The summed E-state index contributed by atoms with van der Waals surface area (Å²) in [7, 11) is 0. The zero-order valence-corrected chi connectivity index (χ0v) is 12.8. The van der Waals surface area contributed by atoms with Gasteiger partial charge >= 0.3 is 0 Å². The van der Waals surface area contributed by atoms with Gasteiger partial charge in [-0.2, -0.15) is 0 Å². The van der Waals surface area contributed by atoms with Crippen LogP contribution in [0.4, 0.5) is 5.69 Å². The van der Waals surface area contributed by atoms with Crippen molar-refractivity contribution in [3.05, 3.63) is 23.2 Å². The molecule has 0 heterocycles. The first-order valence-electron chi connectivity index (χ1n) is 6.92. The lowest BCUT2D eigenvalue weighted by Crippen LogP contribution is -2.18. The Morgan fingerprint density at radius 2 is 2.10 bits per heavy atom. The number of nitrogens with two attached hydrogens (primary N) is 1. The van der Waals surface area contributed by atoms with E-state index >= 15 is 0 Å². The molecule has 0 bridgehead atoms. The molecule has 1 amide bonds. The van der Waals surface area contributed by atoms with Gasteiger partial charge in [0.25, 0.3) is 0 Å². The van der Waals surface area contributed by atoms with Gasteiger partial charge in [0.15, 0.2) is 0 Å². The van der Waals surface area contributed by atoms with Gasteiger partial charge in [-0.15, -0.1) is 0 Å². The van der Waals surface area contributed by atoms with E-state index in [2.05, 4.69) is 19.2 Å². The Labute approximate surface area is 125 Å². The van der Waals surface area contributed by atoms with Crippen molar-refractivity contribution >= 4 is 23.2 Å². The molecule has 0 aliphatic carbocycles. The predicted octanol–water partition coefficient (Wildman–Crippen LogP) is 3.39. The summed E-state index contributed by atoms with van der Waals surface area (Å²) in [5.74, 6) is 0.950. The first-order chi connectivity index (χ1) is 9.43. The van der Waals surface area contributed by atoms with Gasteiger partial charge in [-0.1, -0.05) is 25.4 Å². The molecule has 1 atom stereocenters. The van der Waals surface area contributed by atoms with Crippen LogP contribution < -0.4 is 11.1 Å². The molecule has 0 saturated carbocycles. The van der Waals surface area contributed by atoms with Crippen molar-refractivity contribution in [3.63, 3.8) is 0 Å². The van der Waals surface area contributed by atoms with Crippen LogP contribution in [-0.4, -0.2) is 17.6 Å². The Balaban J connectivity index is 2.48. The van der Waals surface area contributed by atoms with Crippen LogP contribution >= 0.6 is 11.6 Å². The summed E-state index contributed by atoms with van der Waals surface area (Å²) in [5, 5.41) is 12.3. The van der Waals surface area contributed by atoms with E-state index in [1.807, 2.05) is 0 Å². The zero-order chi connectivity index (χ0) is 15.1. The van der Waals surface area contributed by atoms with Crippen molar-refractivity contribution < 1.29 is 9.90 Å². The summed E-state index contributed by atoms with van der Waals surface area (Å²) in [6.45, 7) is 4.95. The Morgan fingerprint density at radius 1 is 1.40 bits per heavy atom. The lowest BCUT2D eigenvalue weighted by Gasteiger charge is -2.19. The van der Waals surface area contributed by atoms with Gasteiger partial charge in [0.1, 0.15) is 5.75 Å². The number of halogens is 1. The third-order valence-corrected chi connectivity index (χ3v) is 3.76. The Bertz CT molecular complexity index is 449. The summed E-state index contributed by atoms with van der Waals surface area (Å²) in [6.07, 6.45) is 2.23. The molecular weight excluding hydrogens is 276 g/mol. The normalized spacial score (nSPS) is 12.4. The molecule has 112 valence electrons. The van der Waals surface area contributed by atoms with Gasteiger partial charge in [0.05, 0.1) is 5.02 Å². The zero-order valence-electron chi connectivity index (χ0n) is 12.0. The molecule has 0 fully saturated rings. The summed E-state index contributed by atoms with van der Waals surface area (Å²) in [4.78, 5) is 11.9. The van der Waals surface area contributed by atoms with Gasteiger partial charge in [-0.3, -0.25) is 4.79 Å². The summed E-state index contributed by atoms with van der Waals surface area (Å²) >= 11 is 5.79. The highest BCUT2D eigenvalue weighted by Gasteiger charge is 2.14. The van der Waals surface area contributed by atoms with Crippen LogP contribution in [0.2, 0.25) is 5.02 Å². The molecule has 4 nitrogen and oxygen atoms in total. The minimum Gasteiger partial charge on any atom is -0.506 e. The summed E-state index contributed by atoms with van der Waals surface area (Å²) < 4.78 is 0. The van der Waals surface area contributed by atoms with E-state index in [0.717, 1.165) is 12.8 Å². The minimum atomic E-state index is -0.0468. The average molecular weight is 299 g/mol. The maximum absolute atomic E-state index is 11.9. The van der Waals surface area contributed by atoms with Crippen LogP contribution in [0, 0.1) is 11.8 Å². The van der Waals surface area contributed by atoms with Crippen LogP contribution in [0.15, 0.2) is 18.2 Å². The molecule has 20 heavy (non-hydrogen) atoms. The molecule has 4 N–H and O–H groups in total. The van der Waals surface area contributed by atoms with Crippen molar-refractivity contribution in [2.45, 2.75) is 33.1 Å². The number of benzene rings is 1. The van der Waals surface area contributed by atoms with Gasteiger partial charge in [0.2, 0.25) is 5.91 Å². The lowest BCUT2D eigenvalue weighted by atomic mass is 9.88. The number of anilines is 1. The quantitative estimate of drug-likeness (QED) is 0.675. The molecule has 1 aromatic carbocycles. The fourth-order valence-corrected chi connectivity index (χ4v) is 2.33. The minimum absolute atomic E-state index is 0.00693. The van der Waals surface area contributed by atoms with Crippen LogP contribution in [-0.2, 0) is 4.79 Å². The molecule has 0 aliphatic rings. The maximum atomic E-state index is 11.9. The number of amides is 1. The standard InChI is InChI=1S/C15H23ClN2O2/c1-10(2)11(7-8-17)3-6-15(20)18-12-4-5-14(19)13(16)9-12/h4-5,9-11,19H,3,6-8,17H2,1-2H3,(H,18,20). The first kappa shape index (κ1) is 16.8. The number of hydrogen-bond acceptors (Lipinski definition) is 3. The molecule has 0 spiro atoms. The first-order valence-corrected chi connectivity index (χ1v) is 7.30. The van der Waals surface area contributed by atoms with Crippen molar-refractivity contribution in [2.24, 2.45) is 17.6 Å². The average Bonchev–Trinajstić information content (AvgIpc) is 2.38. The van der Waals surface area contributed by atoms with E-state index in [-0.39, 0.29) is 16.7 Å². The summed E-state index contributed by atoms with van der Waals surface area (Å²) in [5.41, 5.74) is 6.18. The highest BCUT2D eigenvalue weighted by molar-refractivity contribution is 6.32. The smallest absolute Gasteiger partial charge is 0.224 e. The Kier molecular flexibility index (Phi) is 6.82. The monoisotopic (exact) mass is 298 g/mol. The highest BCUT2D eigenvalue weighted by atomic mass is 35.5. The van der Waals surface area contributed by atoms with E-state index < -0.39 is 0 Å². The molecule has 0 saturated heterocycles. The van der Waals surface area contributed by atoms with Crippen molar-refractivity contribution in [2.75, 3.05) is 11.9 Å². The molecule has 5 heteroatoms. The van der Waals surface area contributed by atoms with Crippen LogP contribution in [0.3, 0.4) is 0 Å². The van der Waals surface area contributed by atoms with Gasteiger partial charge < -0.3 is 16.2 Å². The summed E-state index contributed by atoms with van der Waals surface area (Å²) in [6, 6.07) is 4.62. The Hall–Kier alpha value is -1.26. The van der Waals surface area contributed by atoms with Crippen molar-refractivity contribution in [1.82, 2.24) is 0 Å². The lowest BCUT2D eigenvalue weighted by molar-refractivity contribution is -0.116. The number of nitrogens with one attached hydrogen (secondary N) is 1. The SMILES string of the molecule is CC(C)C(CCN)CCC(=O)Nc1ccc(O)c(Cl)c1. The van der Waals surface area contributed by atoms with E-state index in [1.165, 1.54) is 12.1 Å². The van der Waals surface area contributed by atoms with Crippen LogP contribution in [0.1, 0.15) is 33.1 Å². The van der Waals surface area contributed by atoms with Crippen molar-refractivity contribution in [1.29, 1.82) is 0 Å². The predicted molar refractivity (Wildman–Crippen MR) is 83.0 cm³/mol. The second kappa shape index (κ2) is 8.12. The molecular formula is C15H23ClN2O2. The van der Waals surface area contributed by atoms with E-state index in [4.69, 9.17) is 17.3 Å². The van der Waals surface area contributed by atoms with Gasteiger partial charge in [0, 0.05) is 12.1 Å². The molecule has 1 aromatic rings. The molecule has 0 radical (unpaired) electrons. The number of carbonyl (C=O) groups is 1. The number of aromatic hydroxyl groups is 1. The van der Waals surface area contributed by atoms with Crippen LogP contribution in [0.25, 0.3) is 0 Å². The number of phenols is 1. The largest absolute Gasteiger partial charge is 0.506 e. The molecule has 1 rings (SSSR count). The number of hydrogen-bond donors (Lipinski definition) is 3. The Morgan fingerprint density at radius 3 is 2.65 bits per heavy atom. The topological polar surface area (TPSA) is 75.4 Å². The number of phenolic OH excluding ortho intramolecular Hbond substituents is 1. The second-order valence-electron chi connectivity index (χ2n) is 5.33. The molecule has 0 aliphatic heterocycles. The molecule has 1 unspecified atom stereocenters. The third kappa shape index (κ3) is 5.39. The van der Waals surface area contributed by atoms with Crippen LogP contribution in [0.5, 0.6) is 5.75 Å².